The predicted octanol–water partition coefficient (Wildman–Crippen LogP) is 4.81. The molecule has 1 aliphatic carbocycles. The Hall–Kier alpha value is -4.06. The van der Waals surface area contributed by atoms with E-state index in [4.69, 9.17) is 20.6 Å². The molecular formula is C35H45N9O2. The second-order valence-electron chi connectivity index (χ2n) is 13.6. The maximum absolute atomic E-state index is 10.1. The summed E-state index contributed by atoms with van der Waals surface area (Å²) in [6, 6.07) is 15.1. The monoisotopic (exact) mass is 623 g/mol. The Morgan fingerprint density at radius 2 is 1.78 bits per heavy atom. The van der Waals surface area contributed by atoms with Gasteiger partial charge < -0.3 is 25.5 Å². The number of aromatic nitrogens is 6. The van der Waals surface area contributed by atoms with Gasteiger partial charge in [0.25, 0.3) is 0 Å². The number of nitrogens with one attached hydrogen (secondary N) is 1. The molecule has 7 rings (SSSR count). The van der Waals surface area contributed by atoms with Crippen LogP contribution in [0.3, 0.4) is 0 Å². The van der Waals surface area contributed by atoms with Gasteiger partial charge in [0.2, 0.25) is 0 Å². The van der Waals surface area contributed by atoms with E-state index in [2.05, 4.69) is 47.6 Å². The molecule has 1 saturated heterocycles. The first-order chi connectivity index (χ1) is 22.2. The van der Waals surface area contributed by atoms with Crippen molar-refractivity contribution in [3.8, 4) is 17.0 Å². The number of anilines is 1. The van der Waals surface area contributed by atoms with E-state index in [0.717, 1.165) is 115 Å². The highest BCUT2D eigenvalue weighted by Gasteiger charge is 2.31. The number of methoxy groups -OCH3 is 1. The lowest BCUT2D eigenvalue weighted by molar-refractivity contribution is 0.0356. The molecular weight excluding hydrogens is 578 g/mol. The number of nitrogens with two attached hydrogens (primary N) is 1. The van der Waals surface area contributed by atoms with Crippen LogP contribution in [0, 0.1) is 0 Å². The number of piperazine rings is 1. The second kappa shape index (κ2) is 12.6. The summed E-state index contributed by atoms with van der Waals surface area (Å²) in [5, 5.41) is 16.1. The van der Waals surface area contributed by atoms with Crippen molar-refractivity contribution in [3.63, 3.8) is 0 Å². The van der Waals surface area contributed by atoms with Crippen LogP contribution in [0.2, 0.25) is 0 Å². The van der Waals surface area contributed by atoms with E-state index in [1.54, 1.807) is 13.4 Å². The number of H-pyrrole nitrogens is 1. The summed E-state index contributed by atoms with van der Waals surface area (Å²) in [5.74, 6) is 2.18. The minimum absolute atomic E-state index is 0.264. The summed E-state index contributed by atoms with van der Waals surface area (Å²) in [6.45, 7) is 9.08. The standard InChI is InChI=1S/C35H45N9O2/c1-35(2,45)13-14-42-15-17-43(18-16-42)25-8-10-26(11-9-25)44-34-31(33(36)37-22-38-34)32(41-44)24-7-12-28-29(21-24)40-30(39-28)20-23-5-4-6-27(19-23)46-3/h4-7,12,19,21-22,25-26,45H,8-11,13-18,20H2,1-3H3,(H,39,40)(H2,36,37,38). The molecule has 0 atom stereocenters. The number of ether oxygens (including phenoxy) is 1. The van der Waals surface area contributed by atoms with Gasteiger partial charge >= 0.3 is 0 Å². The average molecular weight is 624 g/mol. The van der Waals surface area contributed by atoms with Crippen molar-refractivity contribution < 1.29 is 9.84 Å². The molecule has 0 bridgehead atoms. The number of aliphatic hydroxyl groups is 1. The SMILES string of the molecule is COc1cccc(Cc2nc3ccc(-c4nn(C5CCC(N6CCN(CCC(C)(C)O)CC6)CC5)c5ncnc(N)c45)cc3[nH]2)c1. The van der Waals surface area contributed by atoms with Gasteiger partial charge in [0, 0.05) is 50.7 Å². The van der Waals surface area contributed by atoms with Crippen LogP contribution >= 0.6 is 0 Å². The van der Waals surface area contributed by atoms with E-state index >= 15 is 0 Å². The maximum atomic E-state index is 10.1. The first-order valence-corrected chi connectivity index (χ1v) is 16.5. The van der Waals surface area contributed by atoms with Crippen LogP contribution in [0.4, 0.5) is 5.82 Å². The highest BCUT2D eigenvalue weighted by atomic mass is 16.5. The van der Waals surface area contributed by atoms with Crippen molar-refractivity contribution in [3.05, 3.63) is 60.2 Å². The number of rotatable bonds is 9. The van der Waals surface area contributed by atoms with Gasteiger partial charge in [-0.15, -0.1) is 0 Å². The van der Waals surface area contributed by atoms with Gasteiger partial charge in [-0.05, 0) is 75.8 Å². The van der Waals surface area contributed by atoms with Gasteiger partial charge in [0.1, 0.15) is 29.4 Å². The third kappa shape index (κ3) is 6.44. The van der Waals surface area contributed by atoms with Gasteiger partial charge in [-0.1, -0.05) is 18.2 Å². The minimum atomic E-state index is -0.602. The molecule has 2 fully saturated rings. The van der Waals surface area contributed by atoms with Gasteiger partial charge in [-0.25, -0.2) is 19.6 Å². The van der Waals surface area contributed by atoms with Crippen molar-refractivity contribution in [2.24, 2.45) is 0 Å². The zero-order valence-corrected chi connectivity index (χ0v) is 27.1. The molecule has 0 spiro atoms. The van der Waals surface area contributed by atoms with Gasteiger partial charge in [0.05, 0.1) is 35.2 Å². The summed E-state index contributed by atoms with van der Waals surface area (Å²) in [5.41, 5.74) is 11.4. The molecule has 11 heteroatoms. The largest absolute Gasteiger partial charge is 0.497 e. The Labute approximate surface area is 269 Å². The van der Waals surface area contributed by atoms with Crippen LogP contribution in [0.25, 0.3) is 33.3 Å². The summed E-state index contributed by atoms with van der Waals surface area (Å²) in [7, 11) is 1.68. The molecule has 2 aromatic carbocycles. The van der Waals surface area contributed by atoms with Gasteiger partial charge in [-0.3, -0.25) is 4.90 Å². The van der Waals surface area contributed by atoms with E-state index in [0.29, 0.717) is 18.3 Å². The molecule has 46 heavy (non-hydrogen) atoms. The fraction of sp³-hybridized carbons (Fsp3) is 0.486. The van der Waals surface area contributed by atoms with Crippen LogP contribution < -0.4 is 10.5 Å². The number of aromatic amines is 1. The molecule has 4 heterocycles. The van der Waals surface area contributed by atoms with E-state index < -0.39 is 5.60 Å². The molecule has 11 nitrogen and oxygen atoms in total. The van der Waals surface area contributed by atoms with Crippen molar-refractivity contribution in [1.29, 1.82) is 0 Å². The van der Waals surface area contributed by atoms with E-state index in [1.165, 1.54) is 0 Å². The Morgan fingerprint density at radius 1 is 1.00 bits per heavy atom. The highest BCUT2D eigenvalue weighted by Crippen LogP contribution is 2.37. The molecule has 5 aromatic rings. The quantitative estimate of drug-likeness (QED) is 0.211. The third-order valence-corrected chi connectivity index (χ3v) is 9.80. The zero-order valence-electron chi connectivity index (χ0n) is 27.1. The van der Waals surface area contributed by atoms with Crippen molar-refractivity contribution in [2.75, 3.05) is 45.6 Å². The average Bonchev–Trinajstić information content (AvgIpc) is 3.65. The van der Waals surface area contributed by atoms with Crippen LogP contribution in [-0.4, -0.2) is 96.1 Å². The lowest BCUT2D eigenvalue weighted by atomic mass is 9.90. The van der Waals surface area contributed by atoms with E-state index in [-0.39, 0.29) is 6.04 Å². The van der Waals surface area contributed by atoms with E-state index in [1.807, 2.05) is 38.1 Å². The summed E-state index contributed by atoms with van der Waals surface area (Å²) in [4.78, 5) is 22.5. The number of imidazole rings is 1. The number of nitrogen functional groups attached to an aromatic ring is 1. The summed E-state index contributed by atoms with van der Waals surface area (Å²) in [6.07, 6.45) is 7.43. The van der Waals surface area contributed by atoms with Crippen molar-refractivity contribution >= 4 is 27.9 Å². The van der Waals surface area contributed by atoms with E-state index in [9.17, 15) is 5.11 Å². The Balaban J connectivity index is 1.07. The normalized spacial score (nSPS) is 20.1. The van der Waals surface area contributed by atoms with Crippen LogP contribution in [0.15, 0.2) is 48.8 Å². The smallest absolute Gasteiger partial charge is 0.164 e. The lowest BCUT2D eigenvalue weighted by Crippen LogP contribution is -2.51. The molecule has 3 aromatic heterocycles. The van der Waals surface area contributed by atoms with Gasteiger partial charge in [-0.2, -0.15) is 5.10 Å². The van der Waals surface area contributed by atoms with Crippen molar-refractivity contribution in [2.45, 2.75) is 70.1 Å². The highest BCUT2D eigenvalue weighted by molar-refractivity contribution is 5.99. The van der Waals surface area contributed by atoms with Crippen molar-refractivity contribution in [1.82, 2.24) is 39.5 Å². The molecule has 0 unspecified atom stereocenters. The Kier molecular flexibility index (Phi) is 8.39. The van der Waals surface area contributed by atoms with Crippen LogP contribution in [-0.2, 0) is 6.42 Å². The third-order valence-electron chi connectivity index (χ3n) is 9.80. The summed E-state index contributed by atoms with van der Waals surface area (Å²) < 4.78 is 7.50. The Morgan fingerprint density at radius 3 is 2.54 bits per heavy atom. The fourth-order valence-electron chi connectivity index (χ4n) is 7.17. The molecule has 1 saturated carbocycles. The maximum Gasteiger partial charge on any atom is 0.164 e. The topological polar surface area (TPSA) is 134 Å². The molecule has 242 valence electrons. The Bertz CT molecular complexity index is 1810. The number of benzene rings is 2. The van der Waals surface area contributed by atoms with Gasteiger partial charge in [0.15, 0.2) is 5.65 Å². The lowest BCUT2D eigenvalue weighted by Gasteiger charge is -2.42. The number of nitrogens with zero attached hydrogens (tertiary/aromatic N) is 7. The van der Waals surface area contributed by atoms with Crippen LogP contribution in [0.1, 0.15) is 63.4 Å². The predicted molar refractivity (Wildman–Crippen MR) is 181 cm³/mol. The summed E-state index contributed by atoms with van der Waals surface area (Å²) >= 11 is 0. The molecule has 0 amide bonds. The molecule has 2 aliphatic rings. The number of fused-ring (bicyclic) bond motifs is 2. The minimum Gasteiger partial charge on any atom is -0.497 e. The number of hydrogen-bond acceptors (Lipinski definition) is 9. The molecule has 0 radical (unpaired) electrons. The molecule has 1 aliphatic heterocycles. The first kappa shape index (κ1) is 30.6. The number of hydrogen-bond donors (Lipinski definition) is 3. The second-order valence-corrected chi connectivity index (χ2v) is 13.6. The fourth-order valence-corrected chi connectivity index (χ4v) is 7.17. The molecule has 4 N–H and O–H groups in total. The zero-order chi connectivity index (χ0) is 31.8. The first-order valence-electron chi connectivity index (χ1n) is 16.5. The van der Waals surface area contributed by atoms with Crippen LogP contribution in [0.5, 0.6) is 5.75 Å².